The number of hydrogen-bond donors (Lipinski definition) is 0. The van der Waals surface area contributed by atoms with Gasteiger partial charge >= 0.3 is 0 Å². The average Bonchev–Trinajstić information content (AvgIpc) is 3.12. The molecule has 4 bridgehead atoms. The van der Waals surface area contributed by atoms with Crippen molar-refractivity contribution in [2.75, 3.05) is 0 Å². The summed E-state index contributed by atoms with van der Waals surface area (Å²) in [5, 5.41) is 0. The Balaban J connectivity index is 1.61. The highest BCUT2D eigenvalue weighted by molar-refractivity contribution is 5.19. The van der Waals surface area contributed by atoms with Crippen molar-refractivity contribution in [3.8, 4) is 0 Å². The number of fused-ring (bicyclic) bond motifs is 10. The van der Waals surface area contributed by atoms with Gasteiger partial charge in [-0.15, -0.1) is 0 Å². The predicted octanol–water partition coefficient (Wildman–Crippen LogP) is 4.91. The topological polar surface area (TPSA) is 0 Å². The Kier molecular flexibility index (Phi) is 2.10. The third-order valence-corrected chi connectivity index (χ3v) is 8.24. The van der Waals surface area contributed by atoms with Crippen molar-refractivity contribution >= 4 is 0 Å². The maximum absolute atomic E-state index is 2.72. The van der Waals surface area contributed by atoms with E-state index >= 15 is 0 Å². The molecule has 0 amide bonds. The molecule has 19 heavy (non-hydrogen) atoms. The van der Waals surface area contributed by atoms with Crippen LogP contribution in [0.1, 0.15) is 52.4 Å². The van der Waals surface area contributed by atoms with Crippen LogP contribution in [-0.2, 0) is 0 Å². The largest absolute Gasteiger partial charge is 0.0845 e. The SMILES string of the molecule is CC1(C)C2C3CCC(C3)C2C=CC2C3CCC(C3)C21. The van der Waals surface area contributed by atoms with Crippen LogP contribution in [0.25, 0.3) is 0 Å². The lowest BCUT2D eigenvalue weighted by atomic mass is 9.56. The molecule has 5 aliphatic rings. The number of rotatable bonds is 0. The van der Waals surface area contributed by atoms with Crippen LogP contribution in [-0.4, -0.2) is 0 Å². The Hall–Kier alpha value is -0.260. The molecule has 8 unspecified atom stereocenters. The first-order valence-corrected chi connectivity index (χ1v) is 8.84. The van der Waals surface area contributed by atoms with Crippen molar-refractivity contribution in [1.29, 1.82) is 0 Å². The van der Waals surface area contributed by atoms with Crippen LogP contribution in [0.3, 0.4) is 0 Å². The summed E-state index contributed by atoms with van der Waals surface area (Å²) < 4.78 is 0. The van der Waals surface area contributed by atoms with E-state index in [9.17, 15) is 0 Å². The third-order valence-electron chi connectivity index (χ3n) is 8.24. The van der Waals surface area contributed by atoms with Crippen LogP contribution in [0.5, 0.6) is 0 Å². The molecule has 4 saturated carbocycles. The van der Waals surface area contributed by atoms with Gasteiger partial charge in [-0.05, 0) is 91.3 Å². The van der Waals surface area contributed by atoms with Crippen LogP contribution in [0.2, 0.25) is 0 Å². The highest BCUT2D eigenvalue weighted by atomic mass is 14.7. The molecule has 0 aromatic carbocycles. The molecule has 5 rings (SSSR count). The van der Waals surface area contributed by atoms with Crippen molar-refractivity contribution in [2.24, 2.45) is 52.8 Å². The Morgan fingerprint density at radius 2 is 1.11 bits per heavy atom. The Morgan fingerprint density at radius 3 is 1.58 bits per heavy atom. The molecule has 4 fully saturated rings. The van der Waals surface area contributed by atoms with Gasteiger partial charge in [0.25, 0.3) is 0 Å². The lowest BCUT2D eigenvalue weighted by molar-refractivity contribution is 0.00681. The first kappa shape index (κ1) is 11.4. The van der Waals surface area contributed by atoms with Crippen LogP contribution in [0.4, 0.5) is 0 Å². The molecule has 0 heteroatoms. The average molecular weight is 256 g/mol. The summed E-state index contributed by atoms with van der Waals surface area (Å²) in [4.78, 5) is 0. The summed E-state index contributed by atoms with van der Waals surface area (Å²) in [5.74, 6) is 8.23. The number of hydrogen-bond acceptors (Lipinski definition) is 0. The van der Waals surface area contributed by atoms with Gasteiger partial charge < -0.3 is 0 Å². The van der Waals surface area contributed by atoms with Crippen molar-refractivity contribution in [3.63, 3.8) is 0 Å². The van der Waals surface area contributed by atoms with Crippen LogP contribution in [0, 0.1) is 52.8 Å². The minimum absolute atomic E-state index is 0.610. The molecule has 0 aliphatic heterocycles. The predicted molar refractivity (Wildman–Crippen MR) is 78.5 cm³/mol. The first-order valence-electron chi connectivity index (χ1n) is 8.84. The minimum atomic E-state index is 0.610. The summed E-state index contributed by atoms with van der Waals surface area (Å²) >= 11 is 0. The standard InChI is InChI=1S/C19H28/c1-19(2)17-13-5-3-11(9-13)15(17)7-8-16-12-4-6-14(10-12)18(16)19/h7-8,11-18H,3-6,9-10H2,1-2H3. The third kappa shape index (κ3) is 1.27. The van der Waals surface area contributed by atoms with Crippen molar-refractivity contribution < 1.29 is 0 Å². The van der Waals surface area contributed by atoms with Crippen molar-refractivity contribution in [2.45, 2.75) is 52.4 Å². The van der Waals surface area contributed by atoms with Crippen molar-refractivity contribution in [1.82, 2.24) is 0 Å². The molecule has 0 heterocycles. The smallest absolute Gasteiger partial charge is 0.0169 e. The van der Waals surface area contributed by atoms with E-state index in [1.165, 1.54) is 12.8 Å². The molecule has 0 aromatic heterocycles. The minimum Gasteiger partial charge on any atom is -0.0845 e. The van der Waals surface area contributed by atoms with E-state index in [0.29, 0.717) is 5.41 Å². The fourth-order valence-corrected chi connectivity index (χ4v) is 7.91. The molecule has 0 N–H and O–H groups in total. The van der Waals surface area contributed by atoms with Gasteiger partial charge in [0.1, 0.15) is 0 Å². The normalized spacial score (nSPS) is 60.1. The van der Waals surface area contributed by atoms with E-state index in [1.807, 2.05) is 0 Å². The van der Waals surface area contributed by atoms with Crippen LogP contribution in [0.15, 0.2) is 12.2 Å². The summed E-state index contributed by atoms with van der Waals surface area (Å²) in [5.41, 5.74) is 0.610. The molecule has 0 aromatic rings. The first-order chi connectivity index (χ1) is 9.16. The maximum Gasteiger partial charge on any atom is -0.0169 e. The second-order valence-electron chi connectivity index (χ2n) is 9.08. The molecule has 104 valence electrons. The zero-order valence-corrected chi connectivity index (χ0v) is 12.5. The second kappa shape index (κ2) is 3.49. The van der Waals surface area contributed by atoms with E-state index in [4.69, 9.17) is 0 Å². The van der Waals surface area contributed by atoms with E-state index in [2.05, 4.69) is 26.0 Å². The zero-order chi connectivity index (χ0) is 12.8. The fourth-order valence-electron chi connectivity index (χ4n) is 7.91. The number of allylic oxidation sites excluding steroid dienone is 2. The van der Waals surface area contributed by atoms with Gasteiger partial charge in [0.15, 0.2) is 0 Å². The summed E-state index contributed by atoms with van der Waals surface area (Å²) in [6.45, 7) is 5.33. The second-order valence-corrected chi connectivity index (χ2v) is 9.08. The van der Waals surface area contributed by atoms with Gasteiger partial charge in [0, 0.05) is 0 Å². The monoisotopic (exact) mass is 256 g/mol. The molecular formula is C19H28. The zero-order valence-electron chi connectivity index (χ0n) is 12.5. The van der Waals surface area contributed by atoms with E-state index in [1.54, 1.807) is 25.7 Å². The summed E-state index contributed by atoms with van der Waals surface area (Å²) in [6.07, 6.45) is 14.7. The van der Waals surface area contributed by atoms with Gasteiger partial charge in [0.2, 0.25) is 0 Å². The van der Waals surface area contributed by atoms with Crippen LogP contribution >= 0.6 is 0 Å². The lowest BCUT2D eigenvalue weighted by Crippen LogP contribution is -2.42. The molecule has 0 saturated heterocycles. The van der Waals surface area contributed by atoms with E-state index in [-0.39, 0.29) is 0 Å². The fraction of sp³-hybridized carbons (Fsp3) is 0.895. The van der Waals surface area contributed by atoms with Gasteiger partial charge in [-0.1, -0.05) is 26.0 Å². The highest BCUT2D eigenvalue weighted by Gasteiger charge is 2.61. The van der Waals surface area contributed by atoms with Gasteiger partial charge in [-0.25, -0.2) is 0 Å². The van der Waals surface area contributed by atoms with Gasteiger partial charge in [0.05, 0.1) is 0 Å². The summed E-state index contributed by atoms with van der Waals surface area (Å²) in [6, 6.07) is 0. The van der Waals surface area contributed by atoms with E-state index < -0.39 is 0 Å². The van der Waals surface area contributed by atoms with Gasteiger partial charge in [-0.2, -0.15) is 0 Å². The molecule has 0 spiro atoms. The highest BCUT2D eigenvalue weighted by Crippen LogP contribution is 2.68. The molecule has 0 radical (unpaired) electrons. The molecule has 5 aliphatic carbocycles. The van der Waals surface area contributed by atoms with Gasteiger partial charge in [-0.3, -0.25) is 0 Å². The Bertz CT molecular complexity index is 393. The molecule has 0 nitrogen and oxygen atoms in total. The summed E-state index contributed by atoms with van der Waals surface area (Å²) in [7, 11) is 0. The Labute approximate surface area is 118 Å². The maximum atomic E-state index is 2.72. The molecule has 8 atom stereocenters. The lowest BCUT2D eigenvalue weighted by Gasteiger charge is -2.48. The van der Waals surface area contributed by atoms with Crippen molar-refractivity contribution in [3.05, 3.63) is 12.2 Å². The van der Waals surface area contributed by atoms with E-state index in [0.717, 1.165) is 47.3 Å². The van der Waals surface area contributed by atoms with Crippen LogP contribution < -0.4 is 0 Å². The quantitative estimate of drug-likeness (QED) is 0.540. The Morgan fingerprint density at radius 1 is 0.684 bits per heavy atom. The molecular weight excluding hydrogens is 228 g/mol.